The Hall–Kier alpha value is -1.13. The lowest BCUT2D eigenvalue weighted by molar-refractivity contribution is 0.774. The molecule has 0 saturated heterocycles. The van der Waals surface area contributed by atoms with E-state index in [0.717, 1.165) is 18.2 Å². The molecule has 0 radical (unpaired) electrons. The predicted octanol–water partition coefficient (Wildman–Crippen LogP) is 4.54. The van der Waals surface area contributed by atoms with E-state index in [1.807, 2.05) is 11.3 Å². The molecule has 0 amide bonds. The molecule has 0 aliphatic carbocycles. The zero-order valence-electron chi connectivity index (χ0n) is 11.6. The molecular formula is C14H18ClN3S. The van der Waals surface area contributed by atoms with Crippen molar-refractivity contribution in [2.24, 2.45) is 0 Å². The Morgan fingerprint density at radius 3 is 2.58 bits per heavy atom. The largest absolute Gasteiger partial charge is 0.365 e. The van der Waals surface area contributed by atoms with Gasteiger partial charge in [0.15, 0.2) is 0 Å². The summed E-state index contributed by atoms with van der Waals surface area (Å²) in [7, 11) is 0. The molecule has 0 aliphatic heterocycles. The molecule has 0 spiro atoms. The van der Waals surface area contributed by atoms with Gasteiger partial charge in [-0.3, -0.25) is 0 Å². The molecule has 1 N–H and O–H groups in total. The minimum atomic E-state index is 0.269. The first-order valence-electron chi connectivity index (χ1n) is 6.30. The second kappa shape index (κ2) is 5.88. The highest BCUT2D eigenvalue weighted by atomic mass is 35.5. The molecule has 0 bridgehead atoms. The Bertz CT molecular complexity index is 559. The topological polar surface area (TPSA) is 37.8 Å². The van der Waals surface area contributed by atoms with Crippen molar-refractivity contribution in [3.63, 3.8) is 0 Å². The van der Waals surface area contributed by atoms with Crippen molar-refractivity contribution in [1.82, 2.24) is 9.97 Å². The summed E-state index contributed by atoms with van der Waals surface area (Å²) in [5, 5.41) is 3.80. The highest BCUT2D eigenvalue weighted by Gasteiger charge is 2.07. The summed E-state index contributed by atoms with van der Waals surface area (Å²) in [5.41, 5.74) is 1.34. The Morgan fingerprint density at radius 2 is 2.00 bits per heavy atom. The van der Waals surface area contributed by atoms with Gasteiger partial charge in [0.05, 0.1) is 6.54 Å². The number of aromatic nitrogens is 2. The Kier molecular flexibility index (Phi) is 4.42. The zero-order valence-corrected chi connectivity index (χ0v) is 13.2. The van der Waals surface area contributed by atoms with E-state index in [1.165, 1.54) is 15.3 Å². The minimum Gasteiger partial charge on any atom is -0.365 e. The van der Waals surface area contributed by atoms with Gasteiger partial charge in [-0.25, -0.2) is 9.97 Å². The van der Waals surface area contributed by atoms with Gasteiger partial charge in [-0.05, 0) is 25.5 Å². The van der Waals surface area contributed by atoms with Crippen LogP contribution in [0.3, 0.4) is 0 Å². The molecule has 0 fully saturated rings. The SMILES string of the molecule is Cc1cc(CNc2cc(Cl)nc(C(C)C)n2)sc1C. The van der Waals surface area contributed by atoms with Crippen molar-refractivity contribution in [3.8, 4) is 0 Å². The second-order valence-electron chi connectivity index (χ2n) is 4.89. The van der Waals surface area contributed by atoms with Gasteiger partial charge < -0.3 is 5.32 Å². The third-order valence-electron chi connectivity index (χ3n) is 2.89. The third kappa shape index (κ3) is 3.67. The maximum atomic E-state index is 6.02. The third-order valence-corrected chi connectivity index (χ3v) is 4.24. The summed E-state index contributed by atoms with van der Waals surface area (Å²) in [6.45, 7) is 9.16. The molecule has 3 nitrogen and oxygen atoms in total. The van der Waals surface area contributed by atoms with E-state index >= 15 is 0 Å². The van der Waals surface area contributed by atoms with Crippen LogP contribution < -0.4 is 5.32 Å². The van der Waals surface area contributed by atoms with Gasteiger partial charge in [-0.15, -0.1) is 11.3 Å². The smallest absolute Gasteiger partial charge is 0.135 e. The highest BCUT2D eigenvalue weighted by molar-refractivity contribution is 7.12. The minimum absolute atomic E-state index is 0.269. The first kappa shape index (κ1) is 14.3. The lowest BCUT2D eigenvalue weighted by Crippen LogP contribution is -2.04. The van der Waals surface area contributed by atoms with Crippen LogP contribution in [0.4, 0.5) is 5.82 Å². The maximum absolute atomic E-state index is 6.02. The quantitative estimate of drug-likeness (QED) is 0.841. The second-order valence-corrected chi connectivity index (χ2v) is 6.62. The zero-order chi connectivity index (χ0) is 14.0. The maximum Gasteiger partial charge on any atom is 0.135 e. The summed E-state index contributed by atoms with van der Waals surface area (Å²) >= 11 is 7.83. The van der Waals surface area contributed by atoms with Crippen LogP contribution in [0.15, 0.2) is 12.1 Å². The molecule has 2 aromatic rings. The normalized spacial score (nSPS) is 11.1. The van der Waals surface area contributed by atoms with Gasteiger partial charge in [-0.1, -0.05) is 25.4 Å². The molecule has 19 heavy (non-hydrogen) atoms. The fraction of sp³-hybridized carbons (Fsp3) is 0.429. The van der Waals surface area contributed by atoms with Gasteiger partial charge in [-0.2, -0.15) is 0 Å². The first-order valence-corrected chi connectivity index (χ1v) is 7.49. The first-order chi connectivity index (χ1) is 8.95. The van der Waals surface area contributed by atoms with Gasteiger partial charge >= 0.3 is 0 Å². The van der Waals surface area contributed by atoms with E-state index in [2.05, 4.69) is 49.0 Å². The molecule has 2 rings (SSSR count). The van der Waals surface area contributed by atoms with Crippen molar-refractivity contribution >= 4 is 28.8 Å². The molecule has 0 saturated carbocycles. The summed E-state index contributed by atoms with van der Waals surface area (Å²) in [6, 6.07) is 3.97. The summed E-state index contributed by atoms with van der Waals surface area (Å²) < 4.78 is 0. The molecule has 2 aromatic heterocycles. The van der Waals surface area contributed by atoms with Crippen LogP contribution in [0.2, 0.25) is 5.15 Å². The Balaban J connectivity index is 2.11. The predicted molar refractivity (Wildman–Crippen MR) is 82.3 cm³/mol. The lowest BCUT2D eigenvalue weighted by atomic mass is 10.2. The van der Waals surface area contributed by atoms with E-state index in [0.29, 0.717) is 5.15 Å². The molecule has 0 unspecified atom stereocenters. The number of nitrogens with zero attached hydrogens (tertiary/aromatic N) is 2. The van der Waals surface area contributed by atoms with Crippen LogP contribution in [0.5, 0.6) is 0 Å². The highest BCUT2D eigenvalue weighted by Crippen LogP contribution is 2.22. The van der Waals surface area contributed by atoms with Crippen molar-refractivity contribution in [3.05, 3.63) is 38.4 Å². The van der Waals surface area contributed by atoms with Crippen molar-refractivity contribution in [2.75, 3.05) is 5.32 Å². The summed E-state index contributed by atoms with van der Waals surface area (Å²) in [6.07, 6.45) is 0. The molecule has 5 heteroatoms. The summed E-state index contributed by atoms with van der Waals surface area (Å²) in [4.78, 5) is 11.4. The number of hydrogen-bond acceptors (Lipinski definition) is 4. The molecular weight excluding hydrogens is 278 g/mol. The van der Waals surface area contributed by atoms with Gasteiger partial charge in [0.1, 0.15) is 16.8 Å². The fourth-order valence-electron chi connectivity index (χ4n) is 1.70. The number of hydrogen-bond donors (Lipinski definition) is 1. The molecule has 0 aliphatic rings. The molecule has 2 heterocycles. The van der Waals surface area contributed by atoms with E-state index in [4.69, 9.17) is 11.6 Å². The standard InChI is InChI=1S/C14H18ClN3S/c1-8(2)14-17-12(15)6-13(18-14)16-7-11-5-9(3)10(4)19-11/h5-6,8H,7H2,1-4H3,(H,16,17,18). The number of rotatable bonds is 4. The van der Waals surface area contributed by atoms with Crippen LogP contribution >= 0.6 is 22.9 Å². The average molecular weight is 296 g/mol. The number of aryl methyl sites for hydroxylation is 2. The number of halogens is 1. The number of nitrogens with one attached hydrogen (secondary N) is 1. The molecule has 102 valence electrons. The average Bonchev–Trinajstić information content (AvgIpc) is 2.65. The summed E-state index contributed by atoms with van der Waals surface area (Å²) in [5.74, 6) is 1.83. The molecule has 0 atom stereocenters. The van der Waals surface area contributed by atoms with Crippen LogP contribution in [0.1, 0.15) is 40.9 Å². The monoisotopic (exact) mass is 295 g/mol. The number of thiophene rings is 1. The van der Waals surface area contributed by atoms with E-state index in [1.54, 1.807) is 6.07 Å². The van der Waals surface area contributed by atoms with Gasteiger partial charge in [0, 0.05) is 21.7 Å². The van der Waals surface area contributed by atoms with Crippen LogP contribution in [-0.4, -0.2) is 9.97 Å². The van der Waals surface area contributed by atoms with Gasteiger partial charge in [0.25, 0.3) is 0 Å². The van der Waals surface area contributed by atoms with E-state index in [-0.39, 0.29) is 5.92 Å². The van der Waals surface area contributed by atoms with Crippen molar-refractivity contribution in [1.29, 1.82) is 0 Å². The van der Waals surface area contributed by atoms with Crippen LogP contribution in [0, 0.1) is 13.8 Å². The van der Waals surface area contributed by atoms with Crippen molar-refractivity contribution < 1.29 is 0 Å². The van der Waals surface area contributed by atoms with E-state index in [9.17, 15) is 0 Å². The van der Waals surface area contributed by atoms with Crippen LogP contribution in [-0.2, 0) is 6.54 Å². The fourth-order valence-corrected chi connectivity index (χ4v) is 2.88. The Morgan fingerprint density at radius 1 is 1.26 bits per heavy atom. The Labute approximate surface area is 123 Å². The molecule has 0 aromatic carbocycles. The number of anilines is 1. The van der Waals surface area contributed by atoms with Crippen LogP contribution in [0.25, 0.3) is 0 Å². The van der Waals surface area contributed by atoms with Crippen molar-refractivity contribution in [2.45, 2.75) is 40.2 Å². The lowest BCUT2D eigenvalue weighted by Gasteiger charge is -2.08. The van der Waals surface area contributed by atoms with Gasteiger partial charge in [0.2, 0.25) is 0 Å². The van der Waals surface area contributed by atoms with E-state index < -0.39 is 0 Å².